The lowest BCUT2D eigenvalue weighted by Crippen LogP contribution is -2.53. The molecule has 0 aliphatic carbocycles. The number of carbonyl (C=O) groups is 1. The zero-order valence-corrected chi connectivity index (χ0v) is 18.5. The Balaban J connectivity index is 1.65. The fraction of sp³-hybridized carbons (Fsp3) is 0.318. The first kappa shape index (κ1) is 19.8. The lowest BCUT2D eigenvalue weighted by atomic mass is 10.1. The van der Waals surface area contributed by atoms with Gasteiger partial charge >= 0.3 is 0 Å². The van der Waals surface area contributed by atoms with E-state index in [1.54, 1.807) is 18.4 Å². The van der Waals surface area contributed by atoms with Crippen molar-refractivity contribution in [3.8, 4) is 16.2 Å². The van der Waals surface area contributed by atoms with Gasteiger partial charge in [-0.3, -0.25) is 9.69 Å². The number of hydrogen-bond acceptors (Lipinski definition) is 7. The number of nitrogens with zero attached hydrogens (tertiary/aromatic N) is 4. The van der Waals surface area contributed by atoms with Crippen molar-refractivity contribution in [2.45, 2.75) is 26.4 Å². The molecule has 1 unspecified atom stereocenters. The van der Waals surface area contributed by atoms with Gasteiger partial charge in [0.05, 0.1) is 23.5 Å². The summed E-state index contributed by atoms with van der Waals surface area (Å²) in [5.74, 6) is 1.35. The molecule has 0 saturated carbocycles. The van der Waals surface area contributed by atoms with E-state index in [0.29, 0.717) is 18.9 Å². The van der Waals surface area contributed by atoms with Gasteiger partial charge in [-0.2, -0.15) is 5.10 Å². The van der Waals surface area contributed by atoms with Crippen molar-refractivity contribution in [1.82, 2.24) is 24.8 Å². The van der Waals surface area contributed by atoms with Crippen LogP contribution in [0.25, 0.3) is 26.0 Å². The lowest BCUT2D eigenvalue weighted by molar-refractivity contribution is -0.128. The van der Waals surface area contributed by atoms with Crippen LogP contribution in [-0.2, 0) is 11.3 Å². The number of carbonyl (C=O) groups excluding carboxylic acids is 1. The van der Waals surface area contributed by atoms with Gasteiger partial charge in [-0.15, -0.1) is 11.3 Å². The van der Waals surface area contributed by atoms with Gasteiger partial charge in [0.15, 0.2) is 5.82 Å². The number of nitrogens with two attached hydrogens (primary N) is 1. The predicted molar refractivity (Wildman–Crippen MR) is 122 cm³/mol. The van der Waals surface area contributed by atoms with Gasteiger partial charge < -0.3 is 15.8 Å². The number of thiophene rings is 1. The quantitative estimate of drug-likeness (QED) is 0.511. The third-order valence-electron chi connectivity index (χ3n) is 5.86. The highest BCUT2D eigenvalue weighted by Crippen LogP contribution is 2.42. The van der Waals surface area contributed by atoms with Gasteiger partial charge in [-0.1, -0.05) is 6.07 Å². The molecule has 5 rings (SSSR count). The molecule has 1 aliphatic heterocycles. The highest BCUT2D eigenvalue weighted by molar-refractivity contribution is 7.22. The zero-order chi connectivity index (χ0) is 21.7. The van der Waals surface area contributed by atoms with E-state index >= 15 is 0 Å². The summed E-state index contributed by atoms with van der Waals surface area (Å²) >= 11 is 1.67. The summed E-state index contributed by atoms with van der Waals surface area (Å²) in [6, 6.07) is 8.29. The molecule has 3 N–H and O–H groups in total. The van der Waals surface area contributed by atoms with Crippen LogP contribution in [0.4, 0.5) is 5.82 Å². The Morgan fingerprint density at radius 2 is 2.16 bits per heavy atom. The van der Waals surface area contributed by atoms with Crippen LogP contribution >= 0.6 is 11.3 Å². The zero-order valence-electron chi connectivity index (χ0n) is 17.7. The van der Waals surface area contributed by atoms with Gasteiger partial charge in [0.2, 0.25) is 5.91 Å². The fourth-order valence-electron chi connectivity index (χ4n) is 4.24. The Bertz CT molecular complexity index is 1310. The van der Waals surface area contributed by atoms with E-state index in [4.69, 9.17) is 10.5 Å². The van der Waals surface area contributed by atoms with E-state index < -0.39 is 0 Å². The van der Waals surface area contributed by atoms with Crippen molar-refractivity contribution in [2.75, 3.05) is 25.9 Å². The minimum absolute atomic E-state index is 0.0495. The Morgan fingerprint density at radius 1 is 1.32 bits per heavy atom. The van der Waals surface area contributed by atoms with Crippen molar-refractivity contribution in [3.63, 3.8) is 0 Å². The maximum Gasteiger partial charge on any atom is 0.237 e. The van der Waals surface area contributed by atoms with Crippen molar-refractivity contribution in [3.05, 3.63) is 41.9 Å². The van der Waals surface area contributed by atoms with Crippen LogP contribution < -0.4 is 15.8 Å². The van der Waals surface area contributed by atoms with Crippen molar-refractivity contribution in [2.24, 2.45) is 0 Å². The van der Waals surface area contributed by atoms with Crippen LogP contribution in [0, 0.1) is 6.92 Å². The number of nitrogens with one attached hydrogen (secondary N) is 1. The number of benzene rings is 1. The summed E-state index contributed by atoms with van der Waals surface area (Å²) in [6.07, 6.45) is 1.47. The monoisotopic (exact) mass is 436 g/mol. The average molecular weight is 437 g/mol. The van der Waals surface area contributed by atoms with Gasteiger partial charge in [-0.05, 0) is 43.0 Å². The number of piperazine rings is 1. The van der Waals surface area contributed by atoms with Crippen LogP contribution in [0.5, 0.6) is 5.75 Å². The second-order valence-electron chi connectivity index (χ2n) is 7.89. The number of aromatic nitrogens is 3. The van der Waals surface area contributed by atoms with Crippen molar-refractivity contribution in [1.29, 1.82) is 0 Å². The van der Waals surface area contributed by atoms with Crippen LogP contribution in [0.1, 0.15) is 18.2 Å². The normalized spacial score (nSPS) is 17.4. The molecule has 0 bridgehead atoms. The topological polar surface area (TPSA) is 97.8 Å². The SMILES string of the molecule is COc1cc(C)cc2cc(-c3cc(CN4CCNC(=O)C4C)n4ncnc(N)c34)sc12. The van der Waals surface area contributed by atoms with Crippen LogP contribution in [0.3, 0.4) is 0 Å². The number of amides is 1. The minimum atomic E-state index is -0.196. The maximum atomic E-state index is 12.1. The molecular weight excluding hydrogens is 412 g/mol. The Hall–Kier alpha value is -3.17. The first-order chi connectivity index (χ1) is 15.0. The standard InChI is InChI=1S/C22H24N6O2S/c1-12-6-14-8-18(31-20(14)17(7-12)30-3)16-9-15(28-19(16)21(23)25-11-26-28)10-27-5-4-24-22(29)13(27)2/h6-9,11,13H,4-5,10H2,1-3H3,(H,24,29)(H2,23,25,26). The molecule has 1 aliphatic rings. The van der Waals surface area contributed by atoms with E-state index in [9.17, 15) is 4.79 Å². The predicted octanol–water partition coefficient (Wildman–Crippen LogP) is 2.83. The van der Waals surface area contributed by atoms with Gasteiger partial charge in [0.1, 0.15) is 17.6 Å². The van der Waals surface area contributed by atoms with E-state index in [1.165, 1.54) is 6.33 Å². The number of anilines is 1. The number of rotatable bonds is 4. The van der Waals surface area contributed by atoms with E-state index in [1.807, 2.05) is 17.5 Å². The van der Waals surface area contributed by atoms with Crippen LogP contribution in [-0.4, -0.2) is 51.6 Å². The Morgan fingerprint density at radius 3 is 2.97 bits per heavy atom. The molecule has 1 saturated heterocycles. The van der Waals surface area contributed by atoms with Crippen LogP contribution in [0.2, 0.25) is 0 Å². The highest BCUT2D eigenvalue weighted by atomic mass is 32.1. The van der Waals surface area contributed by atoms with Crippen molar-refractivity contribution < 1.29 is 9.53 Å². The van der Waals surface area contributed by atoms with Gasteiger partial charge in [0, 0.05) is 30.1 Å². The Kier molecular flexibility index (Phi) is 4.79. The molecular formula is C22H24N6O2S. The van der Waals surface area contributed by atoms with Gasteiger partial charge in [0.25, 0.3) is 0 Å². The molecule has 8 nitrogen and oxygen atoms in total. The molecule has 1 fully saturated rings. The minimum Gasteiger partial charge on any atom is -0.495 e. The second kappa shape index (κ2) is 7.51. The van der Waals surface area contributed by atoms with E-state index in [0.717, 1.165) is 49.6 Å². The third kappa shape index (κ3) is 3.30. The highest BCUT2D eigenvalue weighted by Gasteiger charge is 2.27. The first-order valence-corrected chi connectivity index (χ1v) is 11.0. The number of methoxy groups -OCH3 is 1. The molecule has 31 heavy (non-hydrogen) atoms. The molecule has 1 aromatic carbocycles. The summed E-state index contributed by atoms with van der Waals surface area (Å²) in [5.41, 5.74) is 10.2. The Labute approximate surface area is 183 Å². The average Bonchev–Trinajstić information content (AvgIpc) is 3.33. The number of nitrogen functional groups attached to an aromatic ring is 1. The summed E-state index contributed by atoms with van der Waals surface area (Å²) in [6.45, 7) is 6.02. The second-order valence-corrected chi connectivity index (χ2v) is 8.94. The summed E-state index contributed by atoms with van der Waals surface area (Å²) < 4.78 is 8.56. The molecule has 4 heterocycles. The molecule has 9 heteroatoms. The summed E-state index contributed by atoms with van der Waals surface area (Å²) in [7, 11) is 1.70. The molecule has 1 amide bonds. The van der Waals surface area contributed by atoms with Crippen LogP contribution in [0.15, 0.2) is 30.6 Å². The number of hydrogen-bond donors (Lipinski definition) is 2. The first-order valence-electron chi connectivity index (χ1n) is 10.2. The molecule has 3 aromatic heterocycles. The third-order valence-corrected chi connectivity index (χ3v) is 7.06. The number of fused-ring (bicyclic) bond motifs is 2. The number of ether oxygens (including phenoxy) is 1. The molecule has 0 radical (unpaired) electrons. The molecule has 160 valence electrons. The summed E-state index contributed by atoms with van der Waals surface area (Å²) in [5, 5.41) is 8.52. The molecule has 4 aromatic rings. The molecule has 1 atom stereocenters. The van der Waals surface area contributed by atoms with E-state index in [-0.39, 0.29) is 11.9 Å². The number of aryl methyl sites for hydroxylation is 1. The largest absolute Gasteiger partial charge is 0.495 e. The van der Waals surface area contributed by atoms with Gasteiger partial charge in [-0.25, -0.2) is 9.50 Å². The lowest BCUT2D eigenvalue weighted by Gasteiger charge is -2.32. The fourth-order valence-corrected chi connectivity index (χ4v) is 5.39. The summed E-state index contributed by atoms with van der Waals surface area (Å²) in [4.78, 5) is 19.6. The van der Waals surface area contributed by atoms with Crippen molar-refractivity contribution >= 4 is 38.7 Å². The molecule has 0 spiro atoms. The maximum absolute atomic E-state index is 12.1. The van der Waals surface area contributed by atoms with E-state index in [2.05, 4.69) is 45.4 Å². The smallest absolute Gasteiger partial charge is 0.237 e.